The molecule has 0 bridgehead atoms. The number of halogens is 1. The van der Waals surface area contributed by atoms with E-state index in [1.54, 1.807) is 16.8 Å². The summed E-state index contributed by atoms with van der Waals surface area (Å²) in [5, 5.41) is 5.25. The molecule has 1 aliphatic heterocycles. The van der Waals surface area contributed by atoms with Crippen molar-refractivity contribution in [2.75, 3.05) is 37.7 Å². The first-order valence-electron chi connectivity index (χ1n) is 10.1. The molecule has 2 aromatic heterocycles. The van der Waals surface area contributed by atoms with Crippen molar-refractivity contribution >= 4 is 22.6 Å². The predicted molar refractivity (Wildman–Crippen MR) is 113 cm³/mol. The molecule has 30 heavy (non-hydrogen) atoms. The van der Waals surface area contributed by atoms with Crippen LogP contribution in [0.5, 0.6) is 5.88 Å². The summed E-state index contributed by atoms with van der Waals surface area (Å²) in [7, 11) is 1.82. The highest BCUT2D eigenvalue weighted by Crippen LogP contribution is 2.27. The number of rotatable bonds is 4. The summed E-state index contributed by atoms with van der Waals surface area (Å²) in [4.78, 5) is 21.3. The van der Waals surface area contributed by atoms with Crippen molar-refractivity contribution < 1.29 is 13.9 Å². The minimum absolute atomic E-state index is 0.0595. The molecule has 0 spiro atoms. The minimum Gasteiger partial charge on any atom is -0.466 e. The number of hydrogen-bond acceptors (Lipinski definition) is 5. The summed E-state index contributed by atoms with van der Waals surface area (Å²) < 4.78 is 20.7. The number of anilines is 1. The molecule has 4 rings (SSSR count). The molecule has 0 atom stereocenters. The molecular weight excluding hydrogens is 385 g/mol. The van der Waals surface area contributed by atoms with Gasteiger partial charge in [0.15, 0.2) is 12.3 Å². The van der Waals surface area contributed by atoms with Crippen molar-refractivity contribution in [3.8, 4) is 5.88 Å². The molecule has 1 saturated heterocycles. The van der Waals surface area contributed by atoms with Crippen LogP contribution in [0.2, 0.25) is 0 Å². The second kappa shape index (κ2) is 8.30. The number of amides is 1. The van der Waals surface area contributed by atoms with Crippen molar-refractivity contribution in [2.24, 2.45) is 7.05 Å². The van der Waals surface area contributed by atoms with E-state index in [2.05, 4.69) is 15.0 Å². The highest BCUT2D eigenvalue weighted by Gasteiger charge is 2.21. The van der Waals surface area contributed by atoms with Gasteiger partial charge >= 0.3 is 0 Å². The van der Waals surface area contributed by atoms with E-state index < -0.39 is 0 Å². The van der Waals surface area contributed by atoms with Crippen LogP contribution in [-0.2, 0) is 11.8 Å². The van der Waals surface area contributed by atoms with Gasteiger partial charge in [-0.15, -0.1) is 5.10 Å². The lowest BCUT2D eigenvalue weighted by molar-refractivity contribution is -0.133. The topological polar surface area (TPSA) is 63.5 Å². The first-order valence-corrected chi connectivity index (χ1v) is 10.1. The zero-order chi connectivity index (χ0) is 21.3. The highest BCUT2D eigenvalue weighted by molar-refractivity contribution is 5.85. The van der Waals surface area contributed by atoms with Crippen LogP contribution in [-0.4, -0.2) is 58.4 Å². The number of benzene rings is 1. The Morgan fingerprint density at radius 2 is 1.90 bits per heavy atom. The van der Waals surface area contributed by atoms with Crippen molar-refractivity contribution in [3.63, 3.8) is 0 Å². The number of aromatic nitrogens is 3. The molecule has 0 saturated carbocycles. The number of hydrogen-bond donors (Lipinski definition) is 0. The molecule has 1 aliphatic rings. The van der Waals surface area contributed by atoms with Crippen LogP contribution in [0.1, 0.15) is 17.7 Å². The molecule has 8 heteroatoms. The Morgan fingerprint density at radius 1 is 1.13 bits per heavy atom. The number of nitrogens with zero attached hydrogens (tertiary/aromatic N) is 5. The summed E-state index contributed by atoms with van der Waals surface area (Å²) >= 11 is 0. The third-order valence-electron chi connectivity index (χ3n) is 5.46. The van der Waals surface area contributed by atoms with Crippen molar-refractivity contribution in [1.29, 1.82) is 0 Å². The SMILES string of the molecule is Cc1cc(C)c2c(OCC(=O)N3CCCN(c4ccc(F)cc4)CC3)nn(C)c2n1. The maximum Gasteiger partial charge on any atom is 0.260 e. The number of pyridine rings is 1. The fourth-order valence-electron chi connectivity index (χ4n) is 3.95. The Balaban J connectivity index is 1.40. The molecule has 0 N–H and O–H groups in total. The van der Waals surface area contributed by atoms with Crippen LogP contribution in [0, 0.1) is 19.7 Å². The summed E-state index contributed by atoms with van der Waals surface area (Å²) in [6, 6.07) is 8.47. The van der Waals surface area contributed by atoms with Gasteiger partial charge in [0.1, 0.15) is 5.82 Å². The molecule has 1 aromatic carbocycles. The Bertz CT molecular complexity index is 1060. The third kappa shape index (κ3) is 4.08. The number of carbonyl (C=O) groups excluding carboxylic acids is 1. The van der Waals surface area contributed by atoms with E-state index >= 15 is 0 Å². The number of carbonyl (C=O) groups is 1. The molecule has 3 aromatic rings. The fraction of sp³-hybridized carbons (Fsp3) is 0.409. The van der Waals surface area contributed by atoms with Gasteiger partial charge in [-0.05, 0) is 56.2 Å². The second-order valence-corrected chi connectivity index (χ2v) is 7.69. The molecule has 1 amide bonds. The second-order valence-electron chi connectivity index (χ2n) is 7.69. The van der Waals surface area contributed by atoms with E-state index in [4.69, 9.17) is 4.74 Å². The first-order chi connectivity index (χ1) is 14.4. The van der Waals surface area contributed by atoms with Crippen LogP contribution in [0.4, 0.5) is 10.1 Å². The minimum atomic E-state index is -0.245. The van der Waals surface area contributed by atoms with Gasteiger partial charge in [0.2, 0.25) is 5.88 Å². The Morgan fingerprint density at radius 3 is 2.67 bits per heavy atom. The van der Waals surface area contributed by atoms with Gasteiger partial charge in [-0.2, -0.15) is 0 Å². The monoisotopic (exact) mass is 411 g/mol. The molecule has 7 nitrogen and oxygen atoms in total. The van der Waals surface area contributed by atoms with Crippen LogP contribution >= 0.6 is 0 Å². The zero-order valence-corrected chi connectivity index (χ0v) is 17.6. The van der Waals surface area contributed by atoms with Crippen LogP contribution in [0.25, 0.3) is 11.0 Å². The molecule has 1 fully saturated rings. The molecular formula is C22H26FN5O2. The lowest BCUT2D eigenvalue weighted by Crippen LogP contribution is -2.38. The van der Waals surface area contributed by atoms with Gasteiger partial charge < -0.3 is 14.5 Å². The molecule has 0 aliphatic carbocycles. The predicted octanol–water partition coefficient (Wildman–Crippen LogP) is 2.84. The van der Waals surface area contributed by atoms with Crippen molar-refractivity contribution in [3.05, 3.63) is 47.4 Å². The maximum absolute atomic E-state index is 13.2. The van der Waals surface area contributed by atoms with Gasteiger partial charge in [-0.3, -0.25) is 4.79 Å². The van der Waals surface area contributed by atoms with Gasteiger partial charge in [-0.25, -0.2) is 14.1 Å². The maximum atomic E-state index is 13.2. The van der Waals surface area contributed by atoms with Crippen LogP contribution < -0.4 is 9.64 Å². The third-order valence-corrected chi connectivity index (χ3v) is 5.46. The number of ether oxygens (including phenoxy) is 1. The quantitative estimate of drug-likeness (QED) is 0.661. The Hall–Kier alpha value is -3.16. The van der Waals surface area contributed by atoms with Gasteiger partial charge in [0.05, 0.1) is 5.39 Å². The number of fused-ring (bicyclic) bond motifs is 1. The Kier molecular flexibility index (Phi) is 5.57. The lowest BCUT2D eigenvalue weighted by Gasteiger charge is -2.23. The van der Waals surface area contributed by atoms with E-state index in [9.17, 15) is 9.18 Å². The summed E-state index contributed by atoms with van der Waals surface area (Å²) in [6.07, 6.45) is 0.845. The van der Waals surface area contributed by atoms with E-state index in [0.29, 0.717) is 25.5 Å². The van der Waals surface area contributed by atoms with E-state index in [0.717, 1.165) is 40.9 Å². The van der Waals surface area contributed by atoms with Gasteiger partial charge in [0.25, 0.3) is 5.91 Å². The van der Waals surface area contributed by atoms with Gasteiger partial charge in [0, 0.05) is 44.6 Å². The van der Waals surface area contributed by atoms with E-state index in [-0.39, 0.29) is 18.3 Å². The molecule has 158 valence electrons. The van der Waals surface area contributed by atoms with Crippen molar-refractivity contribution in [2.45, 2.75) is 20.3 Å². The smallest absolute Gasteiger partial charge is 0.260 e. The molecule has 0 radical (unpaired) electrons. The zero-order valence-electron chi connectivity index (χ0n) is 17.6. The normalized spacial score (nSPS) is 14.8. The largest absolute Gasteiger partial charge is 0.466 e. The van der Waals surface area contributed by atoms with Crippen LogP contribution in [0.3, 0.4) is 0 Å². The standard InChI is InChI=1S/C22H26FN5O2/c1-15-13-16(2)24-21-20(15)22(25-26(21)3)30-14-19(29)28-10-4-9-27(11-12-28)18-7-5-17(23)6-8-18/h5-8,13H,4,9-12,14H2,1-3H3. The first kappa shape index (κ1) is 20.1. The Labute approximate surface area is 175 Å². The number of aryl methyl sites for hydroxylation is 3. The summed E-state index contributed by atoms with van der Waals surface area (Å²) in [5.74, 6) is 0.131. The van der Waals surface area contributed by atoms with Crippen molar-refractivity contribution in [1.82, 2.24) is 19.7 Å². The lowest BCUT2D eigenvalue weighted by atomic mass is 10.2. The highest BCUT2D eigenvalue weighted by atomic mass is 19.1. The fourth-order valence-corrected chi connectivity index (χ4v) is 3.95. The average molecular weight is 411 g/mol. The summed E-state index contributed by atoms with van der Waals surface area (Å²) in [6.45, 7) is 6.67. The van der Waals surface area contributed by atoms with Crippen LogP contribution in [0.15, 0.2) is 30.3 Å². The average Bonchev–Trinajstić information content (AvgIpc) is 2.89. The van der Waals surface area contributed by atoms with E-state index in [1.165, 1.54) is 12.1 Å². The molecule has 3 heterocycles. The molecule has 0 unspecified atom stereocenters. The van der Waals surface area contributed by atoms with E-state index in [1.807, 2.05) is 31.9 Å². The van der Waals surface area contributed by atoms with Gasteiger partial charge in [-0.1, -0.05) is 0 Å². The summed E-state index contributed by atoms with van der Waals surface area (Å²) in [5.41, 5.74) is 3.67.